The lowest BCUT2D eigenvalue weighted by Gasteiger charge is -2.35. The number of benzene rings is 1. The second-order valence-electron chi connectivity index (χ2n) is 5.17. The lowest BCUT2D eigenvalue weighted by Crippen LogP contribution is -2.40. The van der Waals surface area contributed by atoms with E-state index >= 15 is 0 Å². The molecule has 1 aromatic rings. The fourth-order valence-corrected chi connectivity index (χ4v) is 3.42. The highest BCUT2D eigenvalue weighted by Gasteiger charge is 2.21. The molecule has 19 heavy (non-hydrogen) atoms. The van der Waals surface area contributed by atoms with Crippen LogP contribution in [0.1, 0.15) is 31.2 Å². The molecule has 0 aromatic heterocycles. The Kier molecular flexibility index (Phi) is 5.67. The van der Waals surface area contributed by atoms with Crippen molar-refractivity contribution in [2.75, 3.05) is 20.2 Å². The Bertz CT molecular complexity index is 409. The third-order valence-electron chi connectivity index (χ3n) is 3.85. The van der Waals surface area contributed by atoms with Gasteiger partial charge in [0, 0.05) is 12.6 Å². The monoisotopic (exact) mass is 326 g/mol. The average Bonchev–Trinajstić information content (AvgIpc) is 2.41. The van der Waals surface area contributed by atoms with Crippen LogP contribution in [0.4, 0.5) is 0 Å². The minimum Gasteiger partial charge on any atom is -0.496 e. The van der Waals surface area contributed by atoms with E-state index in [9.17, 15) is 0 Å². The molecule has 1 unspecified atom stereocenters. The van der Waals surface area contributed by atoms with Gasteiger partial charge >= 0.3 is 0 Å². The second-order valence-corrected chi connectivity index (χ2v) is 6.02. The van der Waals surface area contributed by atoms with Crippen molar-refractivity contribution in [1.82, 2.24) is 4.90 Å². The molecule has 1 aromatic carbocycles. The van der Waals surface area contributed by atoms with E-state index in [0.717, 1.165) is 29.7 Å². The van der Waals surface area contributed by atoms with E-state index in [1.807, 2.05) is 6.07 Å². The molecule has 2 N–H and O–H groups in total. The Labute approximate surface area is 124 Å². The molecule has 0 bridgehead atoms. The number of likely N-dealkylation sites (tertiary alicyclic amines) is 1. The van der Waals surface area contributed by atoms with E-state index < -0.39 is 0 Å². The van der Waals surface area contributed by atoms with Crippen molar-refractivity contribution in [2.24, 2.45) is 5.73 Å². The highest BCUT2D eigenvalue weighted by Crippen LogP contribution is 2.27. The Balaban J connectivity index is 2.04. The SMILES string of the molecule is COc1ccc(CN2CCCCC2CCN)cc1Br. The van der Waals surface area contributed by atoms with E-state index in [1.54, 1.807) is 7.11 Å². The predicted octanol–water partition coefficient (Wildman–Crippen LogP) is 3.16. The number of piperidine rings is 1. The van der Waals surface area contributed by atoms with Crippen molar-refractivity contribution in [3.63, 3.8) is 0 Å². The molecule has 2 rings (SSSR count). The fraction of sp³-hybridized carbons (Fsp3) is 0.600. The van der Waals surface area contributed by atoms with Gasteiger partial charge in [-0.25, -0.2) is 0 Å². The summed E-state index contributed by atoms with van der Waals surface area (Å²) >= 11 is 3.55. The summed E-state index contributed by atoms with van der Waals surface area (Å²) in [6, 6.07) is 6.99. The van der Waals surface area contributed by atoms with E-state index in [-0.39, 0.29) is 0 Å². The van der Waals surface area contributed by atoms with E-state index in [1.165, 1.54) is 31.4 Å². The van der Waals surface area contributed by atoms with Crippen LogP contribution in [0.25, 0.3) is 0 Å². The third-order valence-corrected chi connectivity index (χ3v) is 4.47. The van der Waals surface area contributed by atoms with Gasteiger partial charge in [-0.15, -0.1) is 0 Å². The van der Waals surface area contributed by atoms with Crippen molar-refractivity contribution in [3.8, 4) is 5.75 Å². The molecule has 1 saturated heterocycles. The summed E-state index contributed by atoms with van der Waals surface area (Å²) in [5.74, 6) is 0.890. The number of nitrogens with two attached hydrogens (primary N) is 1. The van der Waals surface area contributed by atoms with E-state index in [4.69, 9.17) is 10.5 Å². The van der Waals surface area contributed by atoms with Crippen LogP contribution in [0, 0.1) is 0 Å². The quantitative estimate of drug-likeness (QED) is 0.903. The average molecular weight is 327 g/mol. The van der Waals surface area contributed by atoms with E-state index in [2.05, 4.69) is 33.0 Å². The summed E-state index contributed by atoms with van der Waals surface area (Å²) in [7, 11) is 1.70. The summed E-state index contributed by atoms with van der Waals surface area (Å²) < 4.78 is 6.30. The summed E-state index contributed by atoms with van der Waals surface area (Å²) in [6.45, 7) is 2.98. The molecule has 4 heteroatoms. The summed E-state index contributed by atoms with van der Waals surface area (Å²) in [5, 5.41) is 0. The summed E-state index contributed by atoms with van der Waals surface area (Å²) in [5.41, 5.74) is 7.06. The van der Waals surface area contributed by atoms with Crippen molar-refractivity contribution in [3.05, 3.63) is 28.2 Å². The van der Waals surface area contributed by atoms with Crippen LogP contribution >= 0.6 is 15.9 Å². The van der Waals surface area contributed by atoms with Gasteiger partial charge in [0.1, 0.15) is 5.75 Å². The predicted molar refractivity (Wildman–Crippen MR) is 82.4 cm³/mol. The van der Waals surface area contributed by atoms with Crippen molar-refractivity contribution in [1.29, 1.82) is 0 Å². The third kappa shape index (κ3) is 3.94. The highest BCUT2D eigenvalue weighted by atomic mass is 79.9. The standard InChI is InChI=1S/C15H23BrN2O/c1-19-15-6-5-12(10-14(15)16)11-18-9-3-2-4-13(18)7-8-17/h5-6,10,13H,2-4,7-9,11,17H2,1H3. The van der Waals surface area contributed by atoms with Gasteiger partial charge in [0.2, 0.25) is 0 Å². The molecule has 0 aliphatic carbocycles. The lowest BCUT2D eigenvalue weighted by atomic mass is 9.98. The maximum Gasteiger partial charge on any atom is 0.133 e. The maximum absolute atomic E-state index is 5.73. The fourth-order valence-electron chi connectivity index (χ4n) is 2.83. The molecule has 1 aliphatic heterocycles. The zero-order valence-electron chi connectivity index (χ0n) is 11.6. The zero-order valence-corrected chi connectivity index (χ0v) is 13.2. The van der Waals surface area contributed by atoms with Crippen LogP contribution in [-0.2, 0) is 6.54 Å². The minimum atomic E-state index is 0.652. The molecule has 0 saturated carbocycles. The van der Waals surface area contributed by atoms with Crippen LogP contribution in [0.15, 0.2) is 22.7 Å². The number of rotatable bonds is 5. The Morgan fingerprint density at radius 1 is 1.42 bits per heavy atom. The van der Waals surface area contributed by atoms with Gasteiger partial charge in [-0.05, 0) is 66.0 Å². The van der Waals surface area contributed by atoms with Gasteiger partial charge in [-0.1, -0.05) is 12.5 Å². The molecule has 1 fully saturated rings. The Morgan fingerprint density at radius 3 is 2.95 bits per heavy atom. The van der Waals surface area contributed by atoms with Crippen LogP contribution in [0.2, 0.25) is 0 Å². The van der Waals surface area contributed by atoms with Crippen molar-refractivity contribution >= 4 is 15.9 Å². The summed E-state index contributed by atoms with van der Waals surface area (Å²) in [6.07, 6.45) is 5.04. The van der Waals surface area contributed by atoms with Crippen molar-refractivity contribution in [2.45, 2.75) is 38.3 Å². The summed E-state index contributed by atoms with van der Waals surface area (Å²) in [4.78, 5) is 2.57. The first-order valence-electron chi connectivity index (χ1n) is 7.01. The lowest BCUT2D eigenvalue weighted by molar-refractivity contribution is 0.134. The Morgan fingerprint density at radius 2 is 2.26 bits per heavy atom. The molecule has 1 aliphatic rings. The number of hydrogen-bond donors (Lipinski definition) is 1. The van der Waals surface area contributed by atoms with Crippen LogP contribution in [0.3, 0.4) is 0 Å². The minimum absolute atomic E-state index is 0.652. The first-order chi connectivity index (χ1) is 9.24. The molecule has 1 atom stereocenters. The molecule has 0 spiro atoms. The van der Waals surface area contributed by atoms with E-state index in [0.29, 0.717) is 6.04 Å². The van der Waals surface area contributed by atoms with Gasteiger partial charge in [0.05, 0.1) is 11.6 Å². The number of methoxy groups -OCH3 is 1. The highest BCUT2D eigenvalue weighted by molar-refractivity contribution is 9.10. The maximum atomic E-state index is 5.73. The van der Waals surface area contributed by atoms with Crippen LogP contribution < -0.4 is 10.5 Å². The topological polar surface area (TPSA) is 38.5 Å². The van der Waals surface area contributed by atoms with Gasteiger partial charge in [0.25, 0.3) is 0 Å². The largest absolute Gasteiger partial charge is 0.496 e. The zero-order chi connectivity index (χ0) is 13.7. The van der Waals surface area contributed by atoms with Gasteiger partial charge < -0.3 is 10.5 Å². The molecular weight excluding hydrogens is 304 g/mol. The molecular formula is C15H23BrN2O. The number of halogens is 1. The van der Waals surface area contributed by atoms with Gasteiger partial charge in [-0.2, -0.15) is 0 Å². The van der Waals surface area contributed by atoms with Crippen LogP contribution in [0.5, 0.6) is 5.75 Å². The van der Waals surface area contributed by atoms with Crippen LogP contribution in [-0.4, -0.2) is 31.1 Å². The first-order valence-corrected chi connectivity index (χ1v) is 7.80. The second kappa shape index (κ2) is 7.27. The van der Waals surface area contributed by atoms with Gasteiger partial charge in [0.15, 0.2) is 0 Å². The molecule has 0 amide bonds. The molecule has 106 valence electrons. The number of hydrogen-bond acceptors (Lipinski definition) is 3. The molecule has 0 radical (unpaired) electrons. The van der Waals surface area contributed by atoms with Crippen molar-refractivity contribution < 1.29 is 4.74 Å². The smallest absolute Gasteiger partial charge is 0.133 e. The number of nitrogens with zero attached hydrogens (tertiary/aromatic N) is 1. The normalized spacial score (nSPS) is 20.5. The number of ether oxygens (including phenoxy) is 1. The molecule has 1 heterocycles. The molecule has 3 nitrogen and oxygen atoms in total. The van der Waals surface area contributed by atoms with Gasteiger partial charge in [-0.3, -0.25) is 4.90 Å². The Hall–Kier alpha value is -0.580. The first kappa shape index (κ1) is 14.8.